The van der Waals surface area contributed by atoms with Crippen molar-refractivity contribution in [2.24, 2.45) is 5.92 Å². The van der Waals surface area contributed by atoms with Gasteiger partial charge in [-0.2, -0.15) is 0 Å². The van der Waals surface area contributed by atoms with Gasteiger partial charge in [-0.25, -0.2) is 13.4 Å². The summed E-state index contributed by atoms with van der Waals surface area (Å²) in [7, 11) is -3.73. The predicted molar refractivity (Wildman–Crippen MR) is 151 cm³/mol. The minimum absolute atomic E-state index is 0.178. The second-order valence-electron chi connectivity index (χ2n) is 10.1. The molecule has 2 aromatic heterocycles. The summed E-state index contributed by atoms with van der Waals surface area (Å²) in [6, 6.07) is 17.6. The molecule has 5 rings (SSSR count). The molecule has 0 spiro atoms. The van der Waals surface area contributed by atoms with Crippen LogP contribution >= 0.6 is 0 Å². The fourth-order valence-corrected chi connectivity index (χ4v) is 5.97. The molecule has 3 N–H and O–H groups in total. The highest BCUT2D eigenvalue weighted by Gasteiger charge is 2.19. The molecule has 204 valence electrons. The topological polar surface area (TPSA) is 117 Å². The summed E-state index contributed by atoms with van der Waals surface area (Å²) in [5, 5.41) is 13.4. The van der Waals surface area contributed by atoms with Gasteiger partial charge in [0.2, 0.25) is 0 Å². The first-order valence-corrected chi connectivity index (χ1v) is 14.9. The highest BCUT2D eigenvalue weighted by Crippen LogP contribution is 2.29. The second kappa shape index (κ2) is 12.5. The molecule has 0 saturated heterocycles. The maximum absolute atomic E-state index is 12.9. The number of pyridine rings is 1. The zero-order valence-electron chi connectivity index (χ0n) is 21.8. The molecule has 1 saturated carbocycles. The van der Waals surface area contributed by atoms with Crippen LogP contribution in [0.5, 0.6) is 0 Å². The molecule has 9 heteroatoms. The lowest BCUT2D eigenvalue weighted by Crippen LogP contribution is -2.23. The first-order chi connectivity index (χ1) is 19.0. The number of aliphatic hydroxyl groups is 1. The van der Waals surface area contributed by atoms with Gasteiger partial charge in [-0.1, -0.05) is 31.0 Å². The second-order valence-corrected chi connectivity index (χ2v) is 11.7. The molecule has 8 nitrogen and oxygen atoms in total. The van der Waals surface area contributed by atoms with Crippen LogP contribution in [0.15, 0.2) is 88.6 Å². The Balaban J connectivity index is 1.11. The maximum atomic E-state index is 12.9. The number of aliphatic hydroxyl groups excluding tert-OH is 1. The van der Waals surface area contributed by atoms with Gasteiger partial charge < -0.3 is 14.8 Å². The largest absolute Gasteiger partial charge is 0.441 e. The van der Waals surface area contributed by atoms with Crippen molar-refractivity contribution in [3.63, 3.8) is 0 Å². The Kier molecular flexibility index (Phi) is 8.71. The molecule has 0 bridgehead atoms. The molecular formula is C30H34N4O4S. The monoisotopic (exact) mass is 546 g/mol. The fourth-order valence-electron chi connectivity index (χ4n) is 4.91. The lowest BCUT2D eigenvalue weighted by molar-refractivity contribution is 0.174. The third kappa shape index (κ3) is 7.32. The summed E-state index contributed by atoms with van der Waals surface area (Å²) >= 11 is 0. The van der Waals surface area contributed by atoms with E-state index in [2.05, 4.69) is 20.0 Å². The number of nitrogens with one attached hydrogen (secondary N) is 2. The molecule has 1 aliphatic carbocycles. The van der Waals surface area contributed by atoms with Crippen molar-refractivity contribution in [3.05, 3.63) is 96.3 Å². The van der Waals surface area contributed by atoms with Crippen molar-refractivity contribution in [1.29, 1.82) is 0 Å². The van der Waals surface area contributed by atoms with E-state index in [4.69, 9.17) is 4.42 Å². The number of aromatic nitrogens is 2. The van der Waals surface area contributed by atoms with Crippen molar-refractivity contribution >= 4 is 15.7 Å². The molecule has 1 fully saturated rings. The van der Waals surface area contributed by atoms with Crippen LogP contribution in [0.3, 0.4) is 0 Å². The molecule has 1 aliphatic rings. The van der Waals surface area contributed by atoms with Gasteiger partial charge in [0, 0.05) is 42.2 Å². The Morgan fingerprint density at radius 2 is 1.77 bits per heavy atom. The van der Waals surface area contributed by atoms with E-state index in [-0.39, 0.29) is 4.90 Å². The van der Waals surface area contributed by atoms with E-state index in [1.54, 1.807) is 61.1 Å². The van der Waals surface area contributed by atoms with Gasteiger partial charge in [-0.3, -0.25) is 9.71 Å². The molecular weight excluding hydrogens is 512 g/mol. The minimum Gasteiger partial charge on any atom is -0.441 e. The normalized spacial score (nSPS) is 14.9. The Morgan fingerprint density at radius 1 is 1.00 bits per heavy atom. The average Bonchev–Trinajstić information content (AvgIpc) is 3.65. The minimum atomic E-state index is -3.73. The number of benzene rings is 2. The van der Waals surface area contributed by atoms with Crippen LogP contribution in [0, 0.1) is 5.92 Å². The van der Waals surface area contributed by atoms with Crippen LogP contribution in [-0.4, -0.2) is 36.6 Å². The van der Waals surface area contributed by atoms with Crippen molar-refractivity contribution in [2.45, 2.75) is 49.5 Å². The number of sulfonamides is 1. The Hall–Kier alpha value is -3.53. The van der Waals surface area contributed by atoms with E-state index < -0.39 is 16.1 Å². The molecule has 39 heavy (non-hydrogen) atoms. The van der Waals surface area contributed by atoms with E-state index in [0.717, 1.165) is 35.4 Å². The molecule has 0 radical (unpaired) electrons. The van der Waals surface area contributed by atoms with E-state index in [1.165, 1.54) is 25.7 Å². The quantitative estimate of drug-likeness (QED) is 0.211. The molecule has 0 amide bonds. The van der Waals surface area contributed by atoms with E-state index in [1.807, 2.05) is 18.2 Å². The smallest absolute Gasteiger partial charge is 0.261 e. The molecule has 2 aromatic carbocycles. The molecule has 4 aromatic rings. The van der Waals surface area contributed by atoms with Gasteiger partial charge in [0.15, 0.2) is 11.7 Å². The lowest BCUT2D eigenvalue weighted by atomic mass is 10.0. The fraction of sp³-hybridized carbons (Fsp3) is 0.333. The molecule has 1 unspecified atom stereocenters. The van der Waals surface area contributed by atoms with Gasteiger partial charge >= 0.3 is 0 Å². The summed E-state index contributed by atoms with van der Waals surface area (Å²) in [5.74, 6) is 2.05. The zero-order chi connectivity index (χ0) is 27.1. The standard InChI is InChI=1S/C30H34N4O4S/c35-28(25-6-3-16-31-19-25)20-32-17-15-22-7-11-26(12-8-22)34-39(36,37)27-13-9-24(10-14-27)29-21-33-30(38-29)18-23-4-1-2-5-23/h3,6-14,16,19,21,23,28,32,34-35H,1-2,4-5,15,17-18,20H2. The zero-order valence-corrected chi connectivity index (χ0v) is 22.6. The van der Waals surface area contributed by atoms with Crippen LogP contribution in [0.2, 0.25) is 0 Å². The van der Waals surface area contributed by atoms with Gasteiger partial charge in [-0.05, 0) is 79.8 Å². The molecule has 2 heterocycles. The predicted octanol–water partition coefficient (Wildman–Crippen LogP) is 5.14. The Bertz CT molecular complexity index is 1430. The first kappa shape index (κ1) is 27.1. The third-order valence-corrected chi connectivity index (χ3v) is 8.54. The Morgan fingerprint density at radius 3 is 2.49 bits per heavy atom. The van der Waals surface area contributed by atoms with Crippen molar-refractivity contribution in [1.82, 2.24) is 15.3 Å². The van der Waals surface area contributed by atoms with Crippen LogP contribution in [0.25, 0.3) is 11.3 Å². The summed E-state index contributed by atoms with van der Waals surface area (Å²) in [5.41, 5.74) is 3.13. The maximum Gasteiger partial charge on any atom is 0.261 e. The number of anilines is 1. The highest BCUT2D eigenvalue weighted by molar-refractivity contribution is 7.92. The average molecular weight is 547 g/mol. The van der Waals surface area contributed by atoms with Gasteiger partial charge in [0.05, 0.1) is 17.2 Å². The van der Waals surface area contributed by atoms with E-state index in [0.29, 0.717) is 30.5 Å². The molecule has 0 aliphatic heterocycles. The summed E-state index contributed by atoms with van der Waals surface area (Å²) < 4.78 is 34.5. The number of hydrogen-bond donors (Lipinski definition) is 3. The van der Waals surface area contributed by atoms with Crippen LogP contribution in [0.1, 0.15) is 48.8 Å². The van der Waals surface area contributed by atoms with E-state index in [9.17, 15) is 13.5 Å². The van der Waals surface area contributed by atoms with E-state index >= 15 is 0 Å². The van der Waals surface area contributed by atoms with Crippen LogP contribution in [-0.2, 0) is 22.9 Å². The van der Waals surface area contributed by atoms with Crippen LogP contribution < -0.4 is 10.0 Å². The summed E-state index contributed by atoms with van der Waals surface area (Å²) in [6.45, 7) is 1.11. The number of nitrogens with zero attached hydrogens (tertiary/aromatic N) is 2. The van der Waals surface area contributed by atoms with Crippen molar-refractivity contribution < 1.29 is 17.9 Å². The number of rotatable bonds is 12. The van der Waals surface area contributed by atoms with Crippen molar-refractivity contribution in [2.75, 3.05) is 17.8 Å². The molecule has 1 atom stereocenters. The van der Waals surface area contributed by atoms with Gasteiger partial charge in [-0.15, -0.1) is 0 Å². The summed E-state index contributed by atoms with van der Waals surface area (Å²) in [4.78, 5) is 8.62. The number of oxazole rings is 1. The van der Waals surface area contributed by atoms with Gasteiger partial charge in [0.25, 0.3) is 10.0 Å². The van der Waals surface area contributed by atoms with Gasteiger partial charge in [0.1, 0.15) is 0 Å². The van der Waals surface area contributed by atoms with Crippen molar-refractivity contribution in [3.8, 4) is 11.3 Å². The third-order valence-electron chi connectivity index (χ3n) is 7.14. The van der Waals surface area contributed by atoms with Crippen LogP contribution in [0.4, 0.5) is 5.69 Å². The summed E-state index contributed by atoms with van der Waals surface area (Å²) in [6.07, 6.45) is 11.1. The highest BCUT2D eigenvalue weighted by atomic mass is 32.2. The first-order valence-electron chi connectivity index (χ1n) is 13.4. The Labute approximate surface area is 229 Å². The lowest BCUT2D eigenvalue weighted by Gasteiger charge is -2.12. The SMILES string of the molecule is O=S(=O)(Nc1ccc(CCNCC(O)c2cccnc2)cc1)c1ccc(-c2cnc(CC3CCCC3)o2)cc1. The number of hydrogen-bond acceptors (Lipinski definition) is 7.